The number of rotatable bonds is 3. The predicted octanol–water partition coefficient (Wildman–Crippen LogP) is 4.19. The van der Waals surface area contributed by atoms with Gasteiger partial charge in [0.05, 0.1) is 11.2 Å². The van der Waals surface area contributed by atoms with Gasteiger partial charge in [-0.2, -0.15) is 5.10 Å². The highest BCUT2D eigenvalue weighted by Crippen LogP contribution is 2.44. The van der Waals surface area contributed by atoms with Gasteiger partial charge in [0.15, 0.2) is 0 Å². The Morgan fingerprint density at radius 3 is 2.77 bits per heavy atom. The van der Waals surface area contributed by atoms with Gasteiger partial charge in [-0.1, -0.05) is 0 Å². The number of pyridine rings is 1. The number of nitrogens with zero attached hydrogens (tertiary/aromatic N) is 5. The van der Waals surface area contributed by atoms with Crippen molar-refractivity contribution >= 4 is 46.5 Å². The normalized spacial score (nSPS) is 19.0. The molecule has 1 saturated heterocycles. The number of amides is 2. The number of piperazine rings is 1. The summed E-state index contributed by atoms with van der Waals surface area (Å²) in [6.45, 7) is 7.71. The molecule has 0 unspecified atom stereocenters. The highest BCUT2D eigenvalue weighted by atomic mass is 35.5. The van der Waals surface area contributed by atoms with Crippen LogP contribution in [-0.4, -0.2) is 52.5 Å². The van der Waals surface area contributed by atoms with E-state index in [9.17, 15) is 9.18 Å². The van der Waals surface area contributed by atoms with Crippen LogP contribution >= 0.6 is 12.4 Å². The Labute approximate surface area is 210 Å². The van der Waals surface area contributed by atoms with Crippen molar-refractivity contribution in [3.63, 3.8) is 0 Å². The van der Waals surface area contributed by atoms with Crippen molar-refractivity contribution in [2.75, 3.05) is 41.3 Å². The fourth-order valence-corrected chi connectivity index (χ4v) is 5.22. The summed E-state index contributed by atoms with van der Waals surface area (Å²) in [6, 6.07) is 4.88. The van der Waals surface area contributed by atoms with E-state index in [0.717, 1.165) is 61.4 Å². The Morgan fingerprint density at radius 1 is 1.23 bits per heavy atom. The third-order valence-electron chi connectivity index (χ3n) is 7.04. The SMILES string of the molecule is Cl.Cn1cc2cc(NC(=O)N3CCc4c(N5CCNC(C)(C)C5)cc(C5CC5)nc43)c(F)cc2n1. The molecule has 2 N–H and O–H groups in total. The Balaban J connectivity index is 0.00000253. The van der Waals surface area contributed by atoms with Crippen molar-refractivity contribution in [2.45, 2.75) is 44.6 Å². The first kappa shape index (κ1) is 23.8. The summed E-state index contributed by atoms with van der Waals surface area (Å²) in [6.07, 6.45) is 4.83. The largest absolute Gasteiger partial charge is 0.368 e. The van der Waals surface area contributed by atoms with Crippen molar-refractivity contribution in [1.82, 2.24) is 20.1 Å². The summed E-state index contributed by atoms with van der Waals surface area (Å²) in [7, 11) is 1.79. The van der Waals surface area contributed by atoms with Crippen molar-refractivity contribution in [3.05, 3.63) is 41.5 Å². The van der Waals surface area contributed by atoms with Crippen molar-refractivity contribution in [1.29, 1.82) is 0 Å². The van der Waals surface area contributed by atoms with Crippen molar-refractivity contribution in [3.8, 4) is 0 Å². The lowest BCUT2D eigenvalue weighted by Gasteiger charge is -2.41. The van der Waals surface area contributed by atoms with E-state index in [2.05, 4.69) is 40.5 Å². The maximum Gasteiger partial charge on any atom is 0.327 e. The number of anilines is 3. The zero-order valence-electron chi connectivity index (χ0n) is 20.3. The third-order valence-corrected chi connectivity index (χ3v) is 7.04. The topological polar surface area (TPSA) is 78.3 Å². The first-order chi connectivity index (χ1) is 16.3. The van der Waals surface area contributed by atoms with Crippen LogP contribution in [-0.2, 0) is 13.5 Å². The van der Waals surface area contributed by atoms with Crippen LogP contribution in [0.3, 0.4) is 0 Å². The smallest absolute Gasteiger partial charge is 0.327 e. The molecule has 0 radical (unpaired) electrons. The lowest BCUT2D eigenvalue weighted by atomic mass is 10.00. The van der Waals surface area contributed by atoms with E-state index in [1.54, 1.807) is 28.9 Å². The van der Waals surface area contributed by atoms with Gasteiger partial charge < -0.3 is 15.5 Å². The Morgan fingerprint density at radius 2 is 2.03 bits per heavy atom. The minimum atomic E-state index is -0.498. The molecule has 0 bridgehead atoms. The molecule has 1 aliphatic carbocycles. The lowest BCUT2D eigenvalue weighted by Crippen LogP contribution is -2.57. The molecule has 0 atom stereocenters. The van der Waals surface area contributed by atoms with Crippen LogP contribution in [0.5, 0.6) is 0 Å². The number of carbonyl (C=O) groups excluding carboxylic acids is 1. The number of hydrogen-bond acceptors (Lipinski definition) is 5. The average molecular weight is 500 g/mol. The summed E-state index contributed by atoms with van der Waals surface area (Å²) >= 11 is 0. The third kappa shape index (κ3) is 4.43. The number of fused-ring (bicyclic) bond motifs is 2. The molecule has 10 heteroatoms. The summed E-state index contributed by atoms with van der Waals surface area (Å²) in [5, 5.41) is 11.4. The van der Waals surface area contributed by atoms with Gasteiger partial charge in [0.2, 0.25) is 0 Å². The van der Waals surface area contributed by atoms with Gasteiger partial charge in [0.25, 0.3) is 0 Å². The van der Waals surface area contributed by atoms with Gasteiger partial charge in [0, 0.05) is 79.3 Å². The van der Waals surface area contributed by atoms with E-state index in [1.165, 1.54) is 11.8 Å². The summed E-state index contributed by atoms with van der Waals surface area (Å²) < 4.78 is 16.4. The van der Waals surface area contributed by atoms with E-state index in [-0.39, 0.29) is 29.7 Å². The molecule has 0 spiro atoms. The number of carbonyl (C=O) groups is 1. The average Bonchev–Trinajstić information content (AvgIpc) is 3.44. The quantitative estimate of drug-likeness (QED) is 0.565. The summed E-state index contributed by atoms with van der Waals surface area (Å²) in [5.74, 6) is 0.689. The minimum absolute atomic E-state index is 0. The highest BCUT2D eigenvalue weighted by molar-refractivity contribution is 6.04. The number of halogens is 2. The highest BCUT2D eigenvalue weighted by Gasteiger charge is 2.36. The van der Waals surface area contributed by atoms with Crippen LogP contribution in [0.2, 0.25) is 0 Å². The number of aryl methyl sites for hydroxylation is 1. The second kappa shape index (κ2) is 8.64. The summed E-state index contributed by atoms with van der Waals surface area (Å²) in [4.78, 5) is 22.4. The number of urea groups is 1. The number of hydrogen-bond donors (Lipinski definition) is 2. The Kier molecular flexibility index (Phi) is 5.88. The molecule has 1 aromatic carbocycles. The van der Waals surface area contributed by atoms with Crippen LogP contribution < -0.4 is 20.4 Å². The minimum Gasteiger partial charge on any atom is -0.368 e. The van der Waals surface area contributed by atoms with Gasteiger partial charge in [-0.25, -0.2) is 14.2 Å². The first-order valence-electron chi connectivity index (χ1n) is 12.0. The second-order valence-electron chi connectivity index (χ2n) is 10.4. The number of nitrogens with one attached hydrogen (secondary N) is 2. The molecular weight excluding hydrogens is 469 g/mol. The Bertz CT molecular complexity index is 1300. The molecule has 2 amide bonds. The molecule has 6 rings (SSSR count). The van der Waals surface area contributed by atoms with E-state index >= 15 is 0 Å². The van der Waals surface area contributed by atoms with Gasteiger partial charge in [-0.15, -0.1) is 12.4 Å². The monoisotopic (exact) mass is 499 g/mol. The van der Waals surface area contributed by atoms with Crippen molar-refractivity contribution in [2.24, 2.45) is 7.05 Å². The maximum absolute atomic E-state index is 14.7. The molecule has 4 heterocycles. The van der Waals surface area contributed by atoms with E-state index in [4.69, 9.17) is 4.98 Å². The van der Waals surface area contributed by atoms with Crippen LogP contribution in [0.15, 0.2) is 24.4 Å². The van der Waals surface area contributed by atoms with Crippen LogP contribution in [0.1, 0.15) is 43.9 Å². The molecular formula is C25H31ClFN7O. The maximum atomic E-state index is 14.7. The lowest BCUT2D eigenvalue weighted by molar-refractivity contribution is 0.257. The first-order valence-corrected chi connectivity index (χ1v) is 12.0. The van der Waals surface area contributed by atoms with Gasteiger partial charge in [-0.3, -0.25) is 9.58 Å². The molecule has 1 saturated carbocycles. The molecule has 8 nitrogen and oxygen atoms in total. The molecule has 35 heavy (non-hydrogen) atoms. The molecule has 3 aromatic rings. The Hall–Kier alpha value is -2.91. The fourth-order valence-electron chi connectivity index (χ4n) is 5.22. The number of benzene rings is 1. The number of aromatic nitrogens is 3. The fraction of sp³-hybridized carbons (Fsp3) is 0.480. The second-order valence-corrected chi connectivity index (χ2v) is 10.4. The van der Waals surface area contributed by atoms with Crippen LogP contribution in [0.25, 0.3) is 10.9 Å². The predicted molar refractivity (Wildman–Crippen MR) is 138 cm³/mol. The van der Waals surface area contributed by atoms with Gasteiger partial charge in [-0.05, 0) is 45.2 Å². The molecule has 2 fully saturated rings. The summed E-state index contributed by atoms with van der Waals surface area (Å²) in [5.41, 5.74) is 4.10. The van der Waals surface area contributed by atoms with Crippen LogP contribution in [0.4, 0.5) is 26.4 Å². The van der Waals surface area contributed by atoms with E-state index in [0.29, 0.717) is 18.0 Å². The molecule has 186 valence electrons. The van der Waals surface area contributed by atoms with Crippen LogP contribution in [0, 0.1) is 5.82 Å². The molecule has 2 aromatic heterocycles. The van der Waals surface area contributed by atoms with Gasteiger partial charge in [0.1, 0.15) is 11.6 Å². The molecule has 2 aliphatic heterocycles. The van der Waals surface area contributed by atoms with Crippen molar-refractivity contribution < 1.29 is 9.18 Å². The standard InChI is InChI=1S/C25H30FN7O.ClH/c1-25(2)14-32(9-7-27-25)22-12-19(15-4-5-15)28-23-17(22)6-8-33(23)24(34)29-21-10-16-13-31(3)30-20(16)11-18(21)26;/h10-13,15,27H,4-9,14H2,1-3H3,(H,29,34);1H. The van der Waals surface area contributed by atoms with E-state index < -0.39 is 5.82 Å². The zero-order valence-corrected chi connectivity index (χ0v) is 21.1. The molecule has 3 aliphatic rings. The zero-order chi connectivity index (χ0) is 23.6. The van der Waals surface area contributed by atoms with Gasteiger partial charge >= 0.3 is 6.03 Å². The van der Waals surface area contributed by atoms with E-state index in [1.807, 2.05) is 0 Å².